The first-order chi connectivity index (χ1) is 6.26. The van der Waals surface area contributed by atoms with Crippen molar-refractivity contribution in [3.63, 3.8) is 0 Å². The Morgan fingerprint density at radius 3 is 2.00 bits per heavy atom. The van der Waals surface area contributed by atoms with E-state index in [1.54, 1.807) is 0 Å². The summed E-state index contributed by atoms with van der Waals surface area (Å²) in [5.41, 5.74) is -0.237. The third kappa shape index (κ3) is 0.849. The van der Waals surface area contributed by atoms with Crippen molar-refractivity contribution >= 4 is 0 Å². The fourth-order valence-corrected chi connectivity index (χ4v) is 3.91. The van der Waals surface area contributed by atoms with Gasteiger partial charge < -0.3 is 5.11 Å². The Morgan fingerprint density at radius 1 is 1.21 bits per heavy atom. The van der Waals surface area contributed by atoms with Crippen molar-refractivity contribution in [2.75, 3.05) is 14.1 Å². The molecule has 0 aromatic rings. The highest BCUT2D eigenvalue weighted by Gasteiger charge is 2.69. The van der Waals surface area contributed by atoms with Gasteiger partial charge in [-0.2, -0.15) is 0 Å². The maximum absolute atomic E-state index is 10.8. The summed E-state index contributed by atoms with van der Waals surface area (Å²) in [6, 6.07) is 0. The van der Waals surface area contributed by atoms with Crippen LogP contribution in [0.5, 0.6) is 0 Å². The number of hydrogen-bond acceptors (Lipinski definition) is 2. The normalized spacial score (nSPS) is 50.4. The fraction of sp³-hybridized carbons (Fsp3) is 1.00. The summed E-state index contributed by atoms with van der Waals surface area (Å²) in [5, 5.41) is 10.8. The van der Waals surface area contributed by atoms with E-state index in [4.69, 9.17) is 0 Å². The highest BCUT2D eigenvalue weighted by Crippen LogP contribution is 2.69. The van der Waals surface area contributed by atoms with Gasteiger partial charge in [-0.05, 0) is 44.7 Å². The van der Waals surface area contributed by atoms with Crippen LogP contribution in [-0.2, 0) is 0 Å². The third-order valence-corrected chi connectivity index (χ3v) is 5.59. The SMILES string of the molecule is CN(C)[C@]1(O)C[C@H]2CC[C@]1(C)C2(C)C. The molecular weight excluding hydrogens is 174 g/mol. The summed E-state index contributed by atoms with van der Waals surface area (Å²) in [6.45, 7) is 6.91. The van der Waals surface area contributed by atoms with Crippen LogP contribution in [0.25, 0.3) is 0 Å². The van der Waals surface area contributed by atoms with Crippen LogP contribution in [0.1, 0.15) is 40.0 Å². The lowest BCUT2D eigenvalue weighted by Crippen LogP contribution is -2.56. The van der Waals surface area contributed by atoms with Crippen molar-refractivity contribution in [1.82, 2.24) is 4.90 Å². The fourth-order valence-electron chi connectivity index (χ4n) is 3.91. The molecule has 0 saturated heterocycles. The van der Waals surface area contributed by atoms with E-state index in [0.717, 1.165) is 6.42 Å². The van der Waals surface area contributed by atoms with Crippen LogP contribution in [0.4, 0.5) is 0 Å². The Balaban J connectivity index is 2.45. The molecule has 2 bridgehead atoms. The van der Waals surface area contributed by atoms with Crippen molar-refractivity contribution in [1.29, 1.82) is 0 Å². The minimum atomic E-state index is -0.584. The van der Waals surface area contributed by atoms with Gasteiger partial charge in [-0.3, -0.25) is 4.90 Å². The smallest absolute Gasteiger partial charge is 0.124 e. The van der Waals surface area contributed by atoms with Crippen LogP contribution in [0, 0.1) is 16.7 Å². The lowest BCUT2D eigenvalue weighted by molar-refractivity contribution is -0.178. The minimum Gasteiger partial charge on any atom is -0.375 e. The van der Waals surface area contributed by atoms with E-state index < -0.39 is 5.72 Å². The topological polar surface area (TPSA) is 23.5 Å². The Labute approximate surface area is 87.3 Å². The number of hydrogen-bond donors (Lipinski definition) is 1. The summed E-state index contributed by atoms with van der Waals surface area (Å²) in [5.74, 6) is 0.694. The molecule has 14 heavy (non-hydrogen) atoms. The highest BCUT2D eigenvalue weighted by atomic mass is 16.3. The molecule has 2 rings (SSSR count). The molecule has 1 N–H and O–H groups in total. The number of rotatable bonds is 1. The van der Waals surface area contributed by atoms with Crippen LogP contribution in [0.15, 0.2) is 0 Å². The van der Waals surface area contributed by atoms with Crippen LogP contribution in [0.2, 0.25) is 0 Å². The van der Waals surface area contributed by atoms with Gasteiger partial charge in [0.05, 0.1) is 0 Å². The van der Waals surface area contributed by atoms with Gasteiger partial charge >= 0.3 is 0 Å². The molecule has 2 aliphatic rings. The zero-order valence-electron chi connectivity index (χ0n) is 10.1. The molecule has 2 saturated carbocycles. The van der Waals surface area contributed by atoms with Gasteiger partial charge in [0, 0.05) is 5.41 Å². The van der Waals surface area contributed by atoms with E-state index in [0.29, 0.717) is 5.92 Å². The van der Waals surface area contributed by atoms with E-state index in [9.17, 15) is 5.11 Å². The summed E-state index contributed by atoms with van der Waals surface area (Å²) in [7, 11) is 4.00. The molecule has 0 amide bonds. The van der Waals surface area contributed by atoms with Gasteiger partial charge in [0.15, 0.2) is 0 Å². The molecule has 2 fully saturated rings. The van der Waals surface area contributed by atoms with Crippen molar-refractivity contribution in [3.05, 3.63) is 0 Å². The van der Waals surface area contributed by atoms with E-state index in [1.807, 2.05) is 19.0 Å². The monoisotopic (exact) mass is 197 g/mol. The third-order valence-electron chi connectivity index (χ3n) is 5.59. The first-order valence-corrected chi connectivity index (χ1v) is 5.65. The van der Waals surface area contributed by atoms with Crippen molar-refractivity contribution in [2.24, 2.45) is 16.7 Å². The van der Waals surface area contributed by atoms with Crippen LogP contribution in [0.3, 0.4) is 0 Å². The Hall–Kier alpha value is -0.0800. The van der Waals surface area contributed by atoms with Gasteiger partial charge in [0.1, 0.15) is 5.72 Å². The summed E-state index contributed by atoms with van der Waals surface area (Å²) >= 11 is 0. The molecule has 3 atom stereocenters. The molecule has 0 heterocycles. The molecule has 2 nitrogen and oxygen atoms in total. The van der Waals surface area contributed by atoms with Crippen molar-refractivity contribution < 1.29 is 5.11 Å². The maximum atomic E-state index is 10.8. The van der Waals surface area contributed by atoms with Crippen LogP contribution >= 0.6 is 0 Å². The second-order valence-electron chi connectivity index (χ2n) is 6.20. The minimum absolute atomic E-state index is 0.0637. The average molecular weight is 197 g/mol. The number of aliphatic hydroxyl groups is 1. The zero-order valence-corrected chi connectivity index (χ0v) is 10.1. The van der Waals surface area contributed by atoms with Gasteiger partial charge in [-0.15, -0.1) is 0 Å². The average Bonchev–Trinajstić information content (AvgIpc) is 2.36. The maximum Gasteiger partial charge on any atom is 0.124 e. The summed E-state index contributed by atoms with van der Waals surface area (Å²) in [4.78, 5) is 2.02. The van der Waals surface area contributed by atoms with E-state index in [1.165, 1.54) is 12.8 Å². The number of nitrogens with zero attached hydrogens (tertiary/aromatic N) is 1. The molecule has 0 aliphatic heterocycles. The lowest BCUT2D eigenvalue weighted by Gasteiger charge is -2.48. The van der Waals surface area contributed by atoms with Gasteiger partial charge in [-0.1, -0.05) is 20.8 Å². The van der Waals surface area contributed by atoms with Crippen LogP contribution < -0.4 is 0 Å². The second kappa shape index (κ2) is 2.53. The van der Waals surface area contributed by atoms with Crippen molar-refractivity contribution in [2.45, 2.75) is 45.8 Å². The standard InChI is InChI=1S/C12H23NO/c1-10(2)9-6-7-11(10,3)12(14,8-9)13(4)5/h9,14H,6-8H2,1-5H3/t9-,11-,12+/m1/s1. The Kier molecular flexibility index (Phi) is 1.89. The predicted molar refractivity (Wildman–Crippen MR) is 57.9 cm³/mol. The quantitative estimate of drug-likeness (QED) is 0.651. The lowest BCUT2D eigenvalue weighted by atomic mass is 9.67. The molecule has 82 valence electrons. The number of fused-ring (bicyclic) bond motifs is 2. The molecule has 0 radical (unpaired) electrons. The second-order valence-corrected chi connectivity index (χ2v) is 6.20. The van der Waals surface area contributed by atoms with Crippen molar-refractivity contribution in [3.8, 4) is 0 Å². The summed E-state index contributed by atoms with van der Waals surface area (Å²) in [6.07, 6.45) is 3.41. The molecule has 2 heteroatoms. The first kappa shape index (κ1) is 10.4. The largest absolute Gasteiger partial charge is 0.375 e. The molecule has 0 spiro atoms. The van der Waals surface area contributed by atoms with E-state index >= 15 is 0 Å². The van der Waals surface area contributed by atoms with E-state index in [-0.39, 0.29) is 10.8 Å². The van der Waals surface area contributed by atoms with Crippen LogP contribution in [-0.4, -0.2) is 29.8 Å². The Bertz CT molecular complexity index is 261. The van der Waals surface area contributed by atoms with Gasteiger partial charge in [0.25, 0.3) is 0 Å². The van der Waals surface area contributed by atoms with Gasteiger partial charge in [-0.25, -0.2) is 0 Å². The first-order valence-electron chi connectivity index (χ1n) is 5.65. The molecule has 0 unspecified atom stereocenters. The van der Waals surface area contributed by atoms with E-state index in [2.05, 4.69) is 20.8 Å². The Morgan fingerprint density at radius 2 is 1.79 bits per heavy atom. The zero-order chi connectivity index (χ0) is 10.8. The molecule has 0 aromatic heterocycles. The molecular formula is C12H23NO. The molecule has 2 aliphatic carbocycles. The highest BCUT2D eigenvalue weighted by molar-refractivity contribution is 5.16. The predicted octanol–water partition coefficient (Wildman–Crippen LogP) is 2.08. The summed E-state index contributed by atoms with van der Waals surface area (Å²) < 4.78 is 0. The van der Waals surface area contributed by atoms with Gasteiger partial charge in [0.2, 0.25) is 0 Å². The molecule has 0 aromatic carbocycles.